The molecule has 1 atom stereocenters. The molecular weight excluding hydrogens is 408 g/mol. The molecule has 1 aliphatic heterocycles. The van der Waals surface area contributed by atoms with E-state index >= 15 is 0 Å². The van der Waals surface area contributed by atoms with E-state index in [-0.39, 0.29) is 18.2 Å². The molecular formula is C25H30N2O5. The number of hydrogen-bond acceptors (Lipinski definition) is 4. The Morgan fingerprint density at radius 1 is 1.09 bits per heavy atom. The third-order valence-electron chi connectivity index (χ3n) is 6.28. The smallest absolute Gasteiger partial charge is 0.326 e. The summed E-state index contributed by atoms with van der Waals surface area (Å²) in [6.07, 6.45) is 1.21. The van der Waals surface area contributed by atoms with Crippen molar-refractivity contribution in [3.63, 3.8) is 0 Å². The third kappa shape index (κ3) is 5.28. The number of carboxylic acid groups (broad SMARTS) is 1. The summed E-state index contributed by atoms with van der Waals surface area (Å²) in [6.45, 7) is 4.35. The second-order valence-electron chi connectivity index (χ2n) is 8.53. The molecule has 1 saturated heterocycles. The Hall–Kier alpha value is -3.35. The number of amides is 2. The summed E-state index contributed by atoms with van der Waals surface area (Å²) in [5.74, 6) is -0.594. The zero-order valence-corrected chi connectivity index (χ0v) is 18.8. The maximum Gasteiger partial charge on any atom is 0.326 e. The molecule has 1 fully saturated rings. The number of methoxy groups -OCH3 is 1. The Morgan fingerprint density at radius 2 is 1.72 bits per heavy atom. The lowest BCUT2D eigenvalue weighted by Crippen LogP contribution is -2.52. The molecule has 3 rings (SSSR count). The monoisotopic (exact) mass is 438 g/mol. The first kappa shape index (κ1) is 23.3. The molecule has 0 aliphatic carbocycles. The fourth-order valence-corrected chi connectivity index (χ4v) is 4.01. The highest BCUT2D eigenvalue weighted by atomic mass is 16.5. The van der Waals surface area contributed by atoms with Crippen molar-refractivity contribution in [3.05, 3.63) is 54.1 Å². The summed E-state index contributed by atoms with van der Waals surface area (Å²) < 4.78 is 5.41. The number of nitrogens with one attached hydrogen (secondary N) is 1. The summed E-state index contributed by atoms with van der Waals surface area (Å²) in [7, 11) is 1.62. The maximum absolute atomic E-state index is 12.9. The Labute approximate surface area is 188 Å². The van der Waals surface area contributed by atoms with Gasteiger partial charge < -0.3 is 20.1 Å². The minimum Gasteiger partial charge on any atom is -0.496 e. The number of rotatable bonds is 7. The number of hydrogen-bond donors (Lipinski definition) is 2. The lowest BCUT2D eigenvalue weighted by Gasteiger charge is -2.38. The van der Waals surface area contributed by atoms with E-state index in [0.717, 1.165) is 22.4 Å². The predicted octanol–water partition coefficient (Wildman–Crippen LogP) is 3.12. The molecule has 0 saturated carbocycles. The van der Waals surface area contributed by atoms with E-state index in [1.807, 2.05) is 55.5 Å². The normalized spacial score (nSPS) is 16.2. The quantitative estimate of drug-likeness (QED) is 0.693. The van der Waals surface area contributed by atoms with E-state index in [1.54, 1.807) is 12.0 Å². The summed E-state index contributed by atoms with van der Waals surface area (Å²) >= 11 is 0. The van der Waals surface area contributed by atoms with Crippen molar-refractivity contribution in [2.24, 2.45) is 5.41 Å². The molecule has 1 aliphatic rings. The van der Waals surface area contributed by atoms with Crippen LogP contribution in [0, 0.1) is 5.41 Å². The van der Waals surface area contributed by atoms with E-state index in [2.05, 4.69) is 5.32 Å². The molecule has 2 aromatic rings. The number of piperidine rings is 1. The molecule has 2 amide bonds. The Kier molecular flexibility index (Phi) is 7.18. The van der Waals surface area contributed by atoms with E-state index in [9.17, 15) is 19.5 Å². The summed E-state index contributed by atoms with van der Waals surface area (Å²) in [4.78, 5) is 38.0. The van der Waals surface area contributed by atoms with Crippen LogP contribution in [0.15, 0.2) is 48.5 Å². The lowest BCUT2D eigenvalue weighted by molar-refractivity contribution is -0.145. The minimum absolute atomic E-state index is 0.00700. The number of para-hydroxylation sites is 1. The molecule has 0 unspecified atom stereocenters. The Morgan fingerprint density at radius 3 is 2.28 bits per heavy atom. The predicted molar refractivity (Wildman–Crippen MR) is 121 cm³/mol. The number of benzene rings is 2. The van der Waals surface area contributed by atoms with Gasteiger partial charge in [-0.2, -0.15) is 0 Å². The van der Waals surface area contributed by atoms with Crippen LogP contribution >= 0.6 is 0 Å². The van der Waals surface area contributed by atoms with Crippen molar-refractivity contribution < 1.29 is 24.2 Å². The number of nitrogens with zero attached hydrogens (tertiary/aromatic N) is 1. The van der Waals surface area contributed by atoms with Crippen LogP contribution < -0.4 is 10.1 Å². The molecule has 170 valence electrons. The van der Waals surface area contributed by atoms with Crippen LogP contribution in [-0.4, -0.2) is 54.0 Å². The zero-order valence-electron chi connectivity index (χ0n) is 18.8. The zero-order chi connectivity index (χ0) is 23.3. The number of carboxylic acids is 1. The number of carbonyl (C=O) groups is 3. The van der Waals surface area contributed by atoms with E-state index in [1.165, 1.54) is 6.92 Å². The van der Waals surface area contributed by atoms with Crippen LogP contribution in [0.4, 0.5) is 0 Å². The first-order valence-corrected chi connectivity index (χ1v) is 10.7. The lowest BCUT2D eigenvalue weighted by atomic mass is 9.79. The highest BCUT2D eigenvalue weighted by molar-refractivity contribution is 5.87. The second-order valence-corrected chi connectivity index (χ2v) is 8.53. The number of aliphatic carboxylic acids is 1. The van der Waals surface area contributed by atoms with E-state index < -0.39 is 17.4 Å². The van der Waals surface area contributed by atoms with Gasteiger partial charge in [-0.3, -0.25) is 9.59 Å². The SMILES string of the molecule is COc1ccccc1-c1ccc(C[C@H](NC(=O)C2(C)CCN(C(C)=O)CC2)C(=O)O)cc1. The van der Waals surface area contributed by atoms with Crippen LogP contribution in [-0.2, 0) is 20.8 Å². The molecule has 32 heavy (non-hydrogen) atoms. The average molecular weight is 439 g/mol. The van der Waals surface area contributed by atoms with Gasteiger partial charge in [0.2, 0.25) is 11.8 Å². The van der Waals surface area contributed by atoms with E-state index in [4.69, 9.17) is 4.74 Å². The Balaban J connectivity index is 1.67. The highest BCUT2D eigenvalue weighted by Crippen LogP contribution is 2.32. The second kappa shape index (κ2) is 9.85. The van der Waals surface area contributed by atoms with Gasteiger partial charge in [-0.05, 0) is 30.0 Å². The van der Waals surface area contributed by atoms with Crippen LogP contribution in [0.2, 0.25) is 0 Å². The van der Waals surface area contributed by atoms with Crippen molar-refractivity contribution in [1.82, 2.24) is 10.2 Å². The third-order valence-corrected chi connectivity index (χ3v) is 6.28. The van der Waals surface area contributed by atoms with Crippen molar-refractivity contribution in [1.29, 1.82) is 0 Å². The van der Waals surface area contributed by atoms with Gasteiger partial charge in [-0.15, -0.1) is 0 Å². The summed E-state index contributed by atoms with van der Waals surface area (Å²) in [5.41, 5.74) is 2.04. The summed E-state index contributed by atoms with van der Waals surface area (Å²) in [6, 6.07) is 14.3. The average Bonchev–Trinajstić information content (AvgIpc) is 2.79. The summed E-state index contributed by atoms with van der Waals surface area (Å²) in [5, 5.41) is 12.4. The van der Waals surface area contributed by atoms with Crippen molar-refractivity contribution in [2.45, 2.75) is 39.2 Å². The van der Waals surface area contributed by atoms with Gasteiger partial charge >= 0.3 is 5.97 Å². The molecule has 7 nitrogen and oxygen atoms in total. The molecule has 2 aromatic carbocycles. The molecule has 0 aromatic heterocycles. The Bertz CT molecular complexity index is 978. The topological polar surface area (TPSA) is 95.9 Å². The molecule has 0 radical (unpaired) electrons. The van der Waals surface area contributed by atoms with Gasteiger partial charge in [0.05, 0.1) is 7.11 Å². The standard InChI is InChI=1S/C25H30N2O5/c1-17(28)27-14-12-25(2,13-15-27)24(31)26-21(23(29)30)16-18-8-10-19(11-9-18)20-6-4-5-7-22(20)32-3/h4-11,21H,12-16H2,1-3H3,(H,26,31)(H,29,30)/t21-/m0/s1. The maximum atomic E-state index is 12.9. The number of carbonyl (C=O) groups excluding carboxylic acids is 2. The molecule has 0 bridgehead atoms. The number of ether oxygens (including phenoxy) is 1. The highest BCUT2D eigenvalue weighted by Gasteiger charge is 2.39. The van der Waals surface area contributed by atoms with Gasteiger partial charge in [0.25, 0.3) is 0 Å². The fraction of sp³-hybridized carbons (Fsp3) is 0.400. The molecule has 7 heteroatoms. The first-order valence-electron chi connectivity index (χ1n) is 10.7. The van der Waals surface area contributed by atoms with Gasteiger partial charge in [0.15, 0.2) is 0 Å². The fourth-order valence-electron chi connectivity index (χ4n) is 4.01. The van der Waals surface area contributed by atoms with Crippen LogP contribution in [0.1, 0.15) is 32.3 Å². The minimum atomic E-state index is -1.07. The van der Waals surface area contributed by atoms with Crippen LogP contribution in [0.3, 0.4) is 0 Å². The largest absolute Gasteiger partial charge is 0.496 e. The molecule has 0 spiro atoms. The first-order chi connectivity index (χ1) is 15.2. The van der Waals surface area contributed by atoms with Gasteiger partial charge in [-0.1, -0.05) is 49.4 Å². The van der Waals surface area contributed by atoms with Crippen molar-refractivity contribution >= 4 is 17.8 Å². The van der Waals surface area contributed by atoms with Crippen molar-refractivity contribution in [3.8, 4) is 16.9 Å². The number of likely N-dealkylation sites (tertiary alicyclic amines) is 1. The van der Waals surface area contributed by atoms with Crippen LogP contribution in [0.25, 0.3) is 11.1 Å². The van der Waals surface area contributed by atoms with E-state index in [0.29, 0.717) is 25.9 Å². The van der Waals surface area contributed by atoms with Crippen molar-refractivity contribution in [2.75, 3.05) is 20.2 Å². The van der Waals surface area contributed by atoms with Gasteiger partial charge in [-0.25, -0.2) is 4.79 Å². The van der Waals surface area contributed by atoms with Crippen LogP contribution in [0.5, 0.6) is 5.75 Å². The molecule has 2 N–H and O–H groups in total. The van der Waals surface area contributed by atoms with Gasteiger partial charge in [0.1, 0.15) is 11.8 Å². The molecule has 1 heterocycles. The van der Waals surface area contributed by atoms with Gasteiger partial charge in [0, 0.05) is 37.4 Å².